The number of hydrogen-bond donors (Lipinski definition) is 3. The highest BCUT2D eigenvalue weighted by atomic mass is 19.4. The molecule has 2 atom stereocenters. The normalized spacial score (nSPS) is 16.5. The fourth-order valence-corrected chi connectivity index (χ4v) is 5.92. The number of benzene rings is 2. The van der Waals surface area contributed by atoms with Gasteiger partial charge in [0.25, 0.3) is 0 Å². The number of pyridine rings is 2. The topological polar surface area (TPSA) is 152 Å². The van der Waals surface area contributed by atoms with Gasteiger partial charge in [0.1, 0.15) is 0 Å². The van der Waals surface area contributed by atoms with Gasteiger partial charge in [0, 0.05) is 73.3 Å². The molecule has 15 heteroatoms. The number of carboxylic acids is 2. The molecule has 3 aromatic heterocycles. The molecule has 0 unspecified atom stereocenters. The summed E-state index contributed by atoms with van der Waals surface area (Å²) in [6.07, 6.45) is -0.246. The number of piperazine rings is 1. The quantitative estimate of drug-likeness (QED) is 0.212. The monoisotopic (exact) mass is 678 g/mol. The van der Waals surface area contributed by atoms with E-state index in [2.05, 4.69) is 15.3 Å². The SMILES string of the molecule is COc1ccc(-c2ccc3ncc4c(c3c2)n(-c2ccc(N3C[C@@H](C)N[C@@H](C)C3)c(C(F)(F)F)c2)c(=O)n4C)cn1.O=C(O)/C=C\C(=O)O. The molecule has 0 bridgehead atoms. The van der Waals surface area contributed by atoms with Crippen LogP contribution in [0, 0.1) is 0 Å². The number of halogens is 3. The number of methoxy groups -OCH3 is 1. The highest BCUT2D eigenvalue weighted by molar-refractivity contribution is 6.04. The van der Waals surface area contributed by atoms with Crippen LogP contribution in [-0.4, -0.2) is 73.5 Å². The highest BCUT2D eigenvalue weighted by Gasteiger charge is 2.37. The van der Waals surface area contributed by atoms with E-state index in [1.165, 1.54) is 22.3 Å². The lowest BCUT2D eigenvalue weighted by molar-refractivity contribution is -0.137. The minimum atomic E-state index is -4.62. The molecule has 0 aliphatic carbocycles. The van der Waals surface area contributed by atoms with E-state index in [4.69, 9.17) is 14.9 Å². The van der Waals surface area contributed by atoms with Gasteiger partial charge in [0.15, 0.2) is 0 Å². The average Bonchev–Trinajstić information content (AvgIpc) is 3.32. The zero-order valence-corrected chi connectivity index (χ0v) is 26.9. The first-order chi connectivity index (χ1) is 23.2. The molecule has 2 aromatic carbocycles. The van der Waals surface area contributed by atoms with Crippen molar-refractivity contribution in [2.45, 2.75) is 32.1 Å². The van der Waals surface area contributed by atoms with Gasteiger partial charge in [-0.25, -0.2) is 19.4 Å². The number of nitrogens with zero attached hydrogens (tertiary/aromatic N) is 5. The molecule has 4 heterocycles. The number of fused-ring (bicyclic) bond motifs is 3. The van der Waals surface area contributed by atoms with Crippen molar-refractivity contribution in [3.8, 4) is 22.7 Å². The average molecular weight is 679 g/mol. The number of anilines is 1. The van der Waals surface area contributed by atoms with E-state index in [0.717, 1.165) is 17.2 Å². The number of aliphatic carboxylic acids is 2. The number of imidazole rings is 1. The summed E-state index contributed by atoms with van der Waals surface area (Å²) in [5.74, 6) is -2.04. The summed E-state index contributed by atoms with van der Waals surface area (Å²) in [4.78, 5) is 43.2. The first kappa shape index (κ1) is 34.6. The van der Waals surface area contributed by atoms with Crippen molar-refractivity contribution >= 4 is 39.6 Å². The number of ether oxygens (including phenoxy) is 1. The Morgan fingerprint density at radius 2 is 1.59 bits per heavy atom. The van der Waals surface area contributed by atoms with Gasteiger partial charge in [0.2, 0.25) is 5.88 Å². The van der Waals surface area contributed by atoms with Crippen LogP contribution >= 0.6 is 0 Å². The Balaban J connectivity index is 0.000000523. The second kappa shape index (κ2) is 13.8. The molecular formula is C34H33F3N6O6. The van der Waals surface area contributed by atoms with Gasteiger partial charge in [-0.2, -0.15) is 13.2 Å². The molecule has 0 saturated carbocycles. The lowest BCUT2D eigenvalue weighted by Crippen LogP contribution is -2.54. The Labute approximate surface area is 277 Å². The highest BCUT2D eigenvalue weighted by Crippen LogP contribution is 2.39. The van der Waals surface area contributed by atoms with E-state index in [0.29, 0.717) is 53.1 Å². The molecule has 1 aliphatic rings. The molecule has 0 radical (unpaired) electrons. The molecule has 49 heavy (non-hydrogen) atoms. The summed E-state index contributed by atoms with van der Waals surface area (Å²) >= 11 is 0. The second-order valence-corrected chi connectivity index (χ2v) is 11.6. The summed E-state index contributed by atoms with van der Waals surface area (Å²) in [6, 6.07) is 13.4. The van der Waals surface area contributed by atoms with E-state index in [-0.39, 0.29) is 23.5 Å². The molecule has 1 saturated heterocycles. The standard InChI is InChI=1S/C30H29F3N6O2.C4H4O4/c1-17-15-38(16-18(2)36-17)25-9-7-21(12-23(25)30(31,32)33)39-28-22-11-19(20-6-10-27(41-4)35-13-20)5-8-24(22)34-14-26(28)37(3)29(39)40;5-3(6)1-2-4(7)8/h5-14,17-18,36H,15-16H2,1-4H3;1-2H,(H,5,6)(H,7,8)/b;2-1-/t17-,18+;. The summed E-state index contributed by atoms with van der Waals surface area (Å²) < 4.78 is 51.4. The van der Waals surface area contributed by atoms with Crippen molar-refractivity contribution in [2.24, 2.45) is 7.05 Å². The van der Waals surface area contributed by atoms with Crippen molar-refractivity contribution in [3.63, 3.8) is 0 Å². The molecule has 0 amide bonds. The third kappa shape index (κ3) is 7.41. The first-order valence-corrected chi connectivity index (χ1v) is 15.0. The predicted octanol–water partition coefficient (Wildman–Crippen LogP) is 4.87. The van der Waals surface area contributed by atoms with Crippen molar-refractivity contribution in [1.29, 1.82) is 0 Å². The van der Waals surface area contributed by atoms with Crippen LogP contribution in [0.4, 0.5) is 18.9 Å². The maximum Gasteiger partial charge on any atom is 0.418 e. The Morgan fingerprint density at radius 1 is 0.939 bits per heavy atom. The van der Waals surface area contributed by atoms with Crippen LogP contribution in [-0.2, 0) is 22.8 Å². The molecule has 256 valence electrons. The number of aromatic nitrogens is 4. The van der Waals surface area contributed by atoms with Crippen molar-refractivity contribution in [1.82, 2.24) is 24.4 Å². The number of rotatable bonds is 6. The van der Waals surface area contributed by atoms with E-state index < -0.39 is 29.4 Å². The van der Waals surface area contributed by atoms with E-state index in [9.17, 15) is 27.6 Å². The van der Waals surface area contributed by atoms with Crippen molar-refractivity contribution < 1.29 is 37.7 Å². The maximum absolute atomic E-state index is 14.5. The van der Waals surface area contributed by atoms with Crippen LogP contribution in [0.5, 0.6) is 5.88 Å². The third-order valence-corrected chi connectivity index (χ3v) is 7.97. The molecule has 0 spiro atoms. The van der Waals surface area contributed by atoms with Gasteiger partial charge in [-0.15, -0.1) is 0 Å². The second-order valence-electron chi connectivity index (χ2n) is 11.6. The molecule has 3 N–H and O–H groups in total. The fraction of sp³-hybridized carbons (Fsp3) is 0.265. The number of carbonyl (C=O) groups is 2. The number of aryl methyl sites for hydroxylation is 1. The number of alkyl halides is 3. The Bertz CT molecular complexity index is 2100. The lowest BCUT2D eigenvalue weighted by Gasteiger charge is -2.38. The third-order valence-electron chi connectivity index (χ3n) is 7.97. The Kier molecular flexibility index (Phi) is 9.75. The molecule has 1 aliphatic heterocycles. The summed E-state index contributed by atoms with van der Waals surface area (Å²) in [5.41, 5.74) is 2.24. The van der Waals surface area contributed by atoms with Crippen molar-refractivity contribution in [2.75, 3.05) is 25.1 Å². The zero-order chi connectivity index (χ0) is 35.6. The molecule has 6 rings (SSSR count). The molecular weight excluding hydrogens is 645 g/mol. The fourth-order valence-electron chi connectivity index (χ4n) is 5.92. The Morgan fingerprint density at radius 3 is 2.16 bits per heavy atom. The van der Waals surface area contributed by atoms with Crippen LogP contribution in [0.2, 0.25) is 0 Å². The van der Waals surface area contributed by atoms with Crippen LogP contribution in [0.1, 0.15) is 19.4 Å². The number of carboxylic acid groups (broad SMARTS) is 2. The number of hydrogen-bond acceptors (Lipinski definition) is 8. The van der Waals surface area contributed by atoms with Gasteiger partial charge in [-0.05, 0) is 55.8 Å². The summed E-state index contributed by atoms with van der Waals surface area (Å²) in [6.45, 7) is 4.80. The van der Waals surface area contributed by atoms with Gasteiger partial charge >= 0.3 is 23.8 Å². The largest absolute Gasteiger partial charge is 0.481 e. The van der Waals surface area contributed by atoms with Crippen LogP contribution < -0.4 is 20.6 Å². The van der Waals surface area contributed by atoms with Gasteiger partial charge in [0.05, 0.1) is 41.1 Å². The predicted molar refractivity (Wildman–Crippen MR) is 177 cm³/mol. The molecule has 12 nitrogen and oxygen atoms in total. The van der Waals surface area contributed by atoms with Gasteiger partial charge < -0.3 is 25.2 Å². The van der Waals surface area contributed by atoms with E-state index in [1.807, 2.05) is 38.1 Å². The van der Waals surface area contributed by atoms with Crippen molar-refractivity contribution in [3.05, 3.63) is 89.1 Å². The summed E-state index contributed by atoms with van der Waals surface area (Å²) in [5, 5.41) is 19.6. The van der Waals surface area contributed by atoms with Crippen LogP contribution in [0.15, 0.2) is 77.9 Å². The Hall–Kier alpha value is -5.70. The number of nitrogens with one attached hydrogen (secondary N) is 1. The van der Waals surface area contributed by atoms with Crippen LogP contribution in [0.25, 0.3) is 38.8 Å². The van der Waals surface area contributed by atoms with E-state index >= 15 is 0 Å². The summed E-state index contributed by atoms with van der Waals surface area (Å²) in [7, 11) is 3.13. The molecule has 1 fully saturated rings. The van der Waals surface area contributed by atoms with E-state index in [1.54, 1.807) is 36.5 Å². The van der Waals surface area contributed by atoms with Crippen LogP contribution in [0.3, 0.4) is 0 Å². The van der Waals surface area contributed by atoms with Gasteiger partial charge in [-0.3, -0.25) is 14.1 Å². The minimum absolute atomic E-state index is 0.0363. The smallest absolute Gasteiger partial charge is 0.418 e. The maximum atomic E-state index is 14.5. The van der Waals surface area contributed by atoms with Gasteiger partial charge in [-0.1, -0.05) is 6.07 Å². The lowest BCUT2D eigenvalue weighted by atomic mass is 10.0. The molecule has 5 aromatic rings. The zero-order valence-electron chi connectivity index (χ0n) is 26.9. The minimum Gasteiger partial charge on any atom is -0.481 e. The first-order valence-electron chi connectivity index (χ1n) is 15.0.